The number of hydrogen-bond donors (Lipinski definition) is 1. The number of nitrogens with zero attached hydrogens (tertiary/aromatic N) is 1. The van der Waals surface area contributed by atoms with Gasteiger partial charge in [0.15, 0.2) is 17.3 Å². The third kappa shape index (κ3) is 2.33. The maximum atomic E-state index is 13.6. The molecule has 1 aromatic heterocycles. The van der Waals surface area contributed by atoms with Crippen LogP contribution in [0.5, 0.6) is 11.6 Å². The number of aromatic amines is 1. The number of carbonyl (C=O) groups excluding carboxylic acids is 1. The van der Waals surface area contributed by atoms with Crippen LogP contribution in [-0.2, 0) is 0 Å². The second kappa shape index (κ2) is 4.37. The van der Waals surface area contributed by atoms with Gasteiger partial charge in [-0.1, -0.05) is 6.07 Å². The van der Waals surface area contributed by atoms with Gasteiger partial charge in [-0.25, -0.2) is 4.39 Å². The molecule has 1 N–H and O–H groups in total. The van der Waals surface area contributed by atoms with E-state index in [0.717, 1.165) is 5.69 Å². The third-order valence-electron chi connectivity index (χ3n) is 2.24. The van der Waals surface area contributed by atoms with Crippen molar-refractivity contribution in [3.05, 3.63) is 41.3 Å². The lowest BCUT2D eigenvalue weighted by atomic mass is 10.1. The number of ketones is 1. The second-order valence-corrected chi connectivity index (χ2v) is 3.66. The fourth-order valence-electron chi connectivity index (χ4n) is 1.44. The van der Waals surface area contributed by atoms with E-state index in [1.165, 1.54) is 25.1 Å². The Bertz CT molecular complexity index is 563. The summed E-state index contributed by atoms with van der Waals surface area (Å²) in [7, 11) is 0. The first kappa shape index (κ1) is 11.3. The molecule has 0 radical (unpaired) electrons. The SMILES string of the molecule is CC(=O)c1cccc(F)c1Oc1cc(C)[nH]n1. The lowest BCUT2D eigenvalue weighted by Crippen LogP contribution is -1.99. The zero-order valence-electron chi connectivity index (χ0n) is 9.45. The van der Waals surface area contributed by atoms with Gasteiger partial charge in [0.2, 0.25) is 5.88 Å². The minimum absolute atomic E-state index is 0.0912. The number of halogens is 1. The summed E-state index contributed by atoms with van der Waals surface area (Å²) in [5.74, 6) is -0.702. The molecule has 4 nitrogen and oxygen atoms in total. The number of rotatable bonds is 3. The average molecular weight is 234 g/mol. The molecule has 5 heteroatoms. The van der Waals surface area contributed by atoms with Crippen LogP contribution in [0, 0.1) is 12.7 Å². The van der Waals surface area contributed by atoms with E-state index in [2.05, 4.69) is 10.2 Å². The largest absolute Gasteiger partial charge is 0.434 e. The molecule has 0 bridgehead atoms. The normalized spacial score (nSPS) is 10.3. The van der Waals surface area contributed by atoms with Crippen LogP contribution in [-0.4, -0.2) is 16.0 Å². The van der Waals surface area contributed by atoms with Crippen LogP contribution in [0.1, 0.15) is 23.0 Å². The molecule has 88 valence electrons. The Hall–Kier alpha value is -2.17. The molecule has 0 unspecified atom stereocenters. The molecule has 2 rings (SSSR count). The van der Waals surface area contributed by atoms with Gasteiger partial charge in [0, 0.05) is 11.8 Å². The minimum atomic E-state index is -0.585. The molecule has 0 fully saturated rings. The minimum Gasteiger partial charge on any atom is -0.434 e. The van der Waals surface area contributed by atoms with Crippen molar-refractivity contribution < 1.29 is 13.9 Å². The van der Waals surface area contributed by atoms with Gasteiger partial charge in [0.05, 0.1) is 5.56 Å². The molecule has 0 saturated heterocycles. The summed E-state index contributed by atoms with van der Waals surface area (Å²) in [6.45, 7) is 3.16. The number of para-hydroxylation sites is 1. The summed E-state index contributed by atoms with van der Waals surface area (Å²) < 4.78 is 18.9. The Morgan fingerprint density at radius 1 is 1.47 bits per heavy atom. The van der Waals surface area contributed by atoms with Gasteiger partial charge in [-0.15, -0.1) is 5.10 Å². The van der Waals surface area contributed by atoms with Crippen LogP contribution in [0.25, 0.3) is 0 Å². The molecule has 0 atom stereocenters. The van der Waals surface area contributed by atoms with Gasteiger partial charge in [0.25, 0.3) is 0 Å². The van der Waals surface area contributed by atoms with Crippen LogP contribution in [0.2, 0.25) is 0 Å². The lowest BCUT2D eigenvalue weighted by Gasteiger charge is -2.07. The van der Waals surface area contributed by atoms with Crippen molar-refractivity contribution in [2.45, 2.75) is 13.8 Å². The highest BCUT2D eigenvalue weighted by atomic mass is 19.1. The van der Waals surface area contributed by atoms with Crippen molar-refractivity contribution >= 4 is 5.78 Å². The standard InChI is InChI=1S/C12H11FN2O2/c1-7-6-11(15-14-7)17-12-9(8(2)16)4-3-5-10(12)13/h3-6H,1-2H3,(H,14,15). The Balaban J connectivity index is 2.40. The van der Waals surface area contributed by atoms with E-state index in [0.29, 0.717) is 0 Å². The number of nitrogens with one attached hydrogen (secondary N) is 1. The van der Waals surface area contributed by atoms with Gasteiger partial charge in [0.1, 0.15) is 0 Å². The number of Topliss-reactive ketones (excluding diaryl/α,β-unsaturated/α-hetero) is 1. The average Bonchev–Trinajstić information content (AvgIpc) is 2.67. The highest BCUT2D eigenvalue weighted by molar-refractivity contribution is 5.96. The third-order valence-corrected chi connectivity index (χ3v) is 2.24. The smallest absolute Gasteiger partial charge is 0.238 e. The first-order chi connectivity index (χ1) is 8.08. The summed E-state index contributed by atoms with van der Waals surface area (Å²) in [6, 6.07) is 5.84. The van der Waals surface area contributed by atoms with E-state index >= 15 is 0 Å². The van der Waals surface area contributed by atoms with Crippen molar-refractivity contribution in [1.82, 2.24) is 10.2 Å². The second-order valence-electron chi connectivity index (χ2n) is 3.66. The summed E-state index contributed by atoms with van der Waals surface area (Å²) in [5, 5.41) is 6.50. The van der Waals surface area contributed by atoms with E-state index in [-0.39, 0.29) is 23.0 Å². The number of ether oxygens (including phenoxy) is 1. The Labute approximate surface area is 97.4 Å². The van der Waals surface area contributed by atoms with Gasteiger partial charge in [-0.05, 0) is 26.0 Å². The Morgan fingerprint density at radius 3 is 2.82 bits per heavy atom. The predicted octanol–water partition coefficient (Wildman–Crippen LogP) is 2.85. The first-order valence-corrected chi connectivity index (χ1v) is 5.07. The molecular formula is C12H11FN2O2. The van der Waals surface area contributed by atoms with Crippen LogP contribution in [0.4, 0.5) is 4.39 Å². The summed E-state index contributed by atoms with van der Waals surface area (Å²) in [4.78, 5) is 11.3. The molecule has 1 aromatic carbocycles. The maximum absolute atomic E-state index is 13.6. The van der Waals surface area contributed by atoms with Gasteiger partial charge in [-0.3, -0.25) is 9.89 Å². The number of carbonyl (C=O) groups is 1. The van der Waals surface area contributed by atoms with Crippen LogP contribution < -0.4 is 4.74 Å². The number of benzene rings is 1. The Kier molecular flexibility index (Phi) is 2.91. The van der Waals surface area contributed by atoms with Crippen molar-refractivity contribution in [3.8, 4) is 11.6 Å². The first-order valence-electron chi connectivity index (χ1n) is 5.07. The molecule has 17 heavy (non-hydrogen) atoms. The van der Waals surface area contributed by atoms with Crippen molar-refractivity contribution in [3.63, 3.8) is 0 Å². The lowest BCUT2D eigenvalue weighted by molar-refractivity contribution is 0.101. The highest BCUT2D eigenvalue weighted by Crippen LogP contribution is 2.27. The number of hydrogen-bond acceptors (Lipinski definition) is 3. The molecule has 0 aliphatic carbocycles. The van der Waals surface area contributed by atoms with Gasteiger partial charge >= 0.3 is 0 Å². The van der Waals surface area contributed by atoms with E-state index in [4.69, 9.17) is 4.74 Å². The number of H-pyrrole nitrogens is 1. The fourth-order valence-corrected chi connectivity index (χ4v) is 1.44. The van der Waals surface area contributed by atoms with E-state index in [1.807, 2.05) is 0 Å². The summed E-state index contributed by atoms with van der Waals surface area (Å²) in [6.07, 6.45) is 0. The Morgan fingerprint density at radius 2 is 2.24 bits per heavy atom. The monoisotopic (exact) mass is 234 g/mol. The zero-order chi connectivity index (χ0) is 12.4. The molecule has 0 amide bonds. The van der Waals surface area contributed by atoms with Crippen LogP contribution in [0.15, 0.2) is 24.3 Å². The highest BCUT2D eigenvalue weighted by Gasteiger charge is 2.15. The quantitative estimate of drug-likeness (QED) is 0.831. The van der Waals surface area contributed by atoms with Crippen molar-refractivity contribution in [2.75, 3.05) is 0 Å². The van der Waals surface area contributed by atoms with Crippen LogP contribution >= 0.6 is 0 Å². The summed E-state index contributed by atoms with van der Waals surface area (Å²) in [5.41, 5.74) is 0.992. The van der Waals surface area contributed by atoms with E-state index in [1.54, 1.807) is 13.0 Å². The number of aromatic nitrogens is 2. The maximum Gasteiger partial charge on any atom is 0.238 e. The zero-order valence-corrected chi connectivity index (χ0v) is 9.45. The van der Waals surface area contributed by atoms with Crippen molar-refractivity contribution in [1.29, 1.82) is 0 Å². The molecule has 0 aliphatic rings. The van der Waals surface area contributed by atoms with E-state index < -0.39 is 5.82 Å². The molecule has 1 heterocycles. The molecule has 0 aliphatic heterocycles. The van der Waals surface area contributed by atoms with Gasteiger partial charge in [-0.2, -0.15) is 0 Å². The van der Waals surface area contributed by atoms with Gasteiger partial charge < -0.3 is 4.74 Å². The predicted molar refractivity (Wildman–Crippen MR) is 59.8 cm³/mol. The molecule has 2 aromatic rings. The van der Waals surface area contributed by atoms with Crippen molar-refractivity contribution in [2.24, 2.45) is 0 Å². The summed E-state index contributed by atoms with van der Waals surface area (Å²) >= 11 is 0. The van der Waals surface area contributed by atoms with Crippen LogP contribution in [0.3, 0.4) is 0 Å². The molecule has 0 saturated carbocycles. The molecular weight excluding hydrogens is 223 g/mol. The van der Waals surface area contributed by atoms with E-state index in [9.17, 15) is 9.18 Å². The fraction of sp³-hybridized carbons (Fsp3) is 0.167. The topological polar surface area (TPSA) is 55.0 Å². The molecule has 0 spiro atoms. The number of aryl methyl sites for hydroxylation is 1.